The van der Waals surface area contributed by atoms with Crippen LogP contribution in [-0.2, 0) is 27.9 Å². The van der Waals surface area contributed by atoms with Crippen LogP contribution >= 0.6 is 11.6 Å². The number of nitrogens with one attached hydrogen (secondary N) is 1. The summed E-state index contributed by atoms with van der Waals surface area (Å²) < 4.78 is 30.4. The molecule has 0 amide bonds. The first-order valence-electron chi connectivity index (χ1n) is 5.18. The third-order valence-electron chi connectivity index (χ3n) is 2.25. The van der Waals surface area contributed by atoms with Gasteiger partial charge in [-0.15, -0.1) is 11.6 Å². The summed E-state index contributed by atoms with van der Waals surface area (Å²) in [5.41, 5.74) is 1.89. The van der Waals surface area contributed by atoms with Crippen LogP contribution in [0.4, 0.5) is 0 Å². The molecule has 0 atom stereocenters. The number of rotatable bonds is 7. The smallest absolute Gasteiger partial charge is 0.213 e. The van der Waals surface area contributed by atoms with Crippen molar-refractivity contribution in [3.8, 4) is 0 Å². The minimum atomic E-state index is -3.28. The van der Waals surface area contributed by atoms with E-state index >= 15 is 0 Å². The van der Waals surface area contributed by atoms with Gasteiger partial charge in [-0.1, -0.05) is 24.3 Å². The monoisotopic (exact) mass is 277 g/mol. The molecule has 0 spiro atoms. The Balaban J connectivity index is 2.69. The number of benzene rings is 1. The fourth-order valence-electron chi connectivity index (χ4n) is 1.39. The van der Waals surface area contributed by atoms with Crippen molar-refractivity contribution in [2.45, 2.75) is 13.2 Å². The highest BCUT2D eigenvalue weighted by atomic mass is 35.5. The zero-order valence-corrected chi connectivity index (χ0v) is 11.2. The molecule has 0 radical (unpaired) electrons. The number of sulfonamides is 1. The van der Waals surface area contributed by atoms with E-state index in [1.807, 2.05) is 24.3 Å². The first kappa shape index (κ1) is 14.4. The lowest BCUT2D eigenvalue weighted by atomic mass is 10.1. The SMILES string of the molecule is COCc1ccccc1CNS(=O)(=O)CCCl. The summed E-state index contributed by atoms with van der Waals surface area (Å²) in [6, 6.07) is 7.54. The van der Waals surface area contributed by atoms with Crippen LogP contribution in [0.25, 0.3) is 0 Å². The van der Waals surface area contributed by atoms with Crippen LogP contribution in [-0.4, -0.2) is 27.2 Å². The summed E-state index contributed by atoms with van der Waals surface area (Å²) in [5, 5.41) is 0. The molecular formula is C11H16ClNO3S. The molecule has 0 aliphatic rings. The molecule has 1 rings (SSSR count). The van der Waals surface area contributed by atoms with Crippen molar-refractivity contribution < 1.29 is 13.2 Å². The fourth-order valence-corrected chi connectivity index (χ4v) is 2.72. The quantitative estimate of drug-likeness (QED) is 0.769. The Morgan fingerprint density at radius 2 is 1.94 bits per heavy atom. The van der Waals surface area contributed by atoms with Crippen molar-refractivity contribution in [3.63, 3.8) is 0 Å². The molecule has 1 aromatic carbocycles. The van der Waals surface area contributed by atoms with Crippen LogP contribution in [0.3, 0.4) is 0 Å². The van der Waals surface area contributed by atoms with E-state index in [4.69, 9.17) is 16.3 Å². The third-order valence-corrected chi connectivity index (χ3v) is 3.99. The molecule has 0 saturated carbocycles. The number of alkyl halides is 1. The van der Waals surface area contributed by atoms with E-state index < -0.39 is 10.0 Å². The molecule has 0 aromatic heterocycles. The van der Waals surface area contributed by atoms with Gasteiger partial charge in [0.15, 0.2) is 0 Å². The van der Waals surface area contributed by atoms with Crippen molar-refractivity contribution in [1.29, 1.82) is 0 Å². The lowest BCUT2D eigenvalue weighted by Gasteiger charge is -2.09. The van der Waals surface area contributed by atoms with Gasteiger partial charge in [0.05, 0.1) is 12.4 Å². The van der Waals surface area contributed by atoms with E-state index in [1.54, 1.807) is 7.11 Å². The van der Waals surface area contributed by atoms with Crippen molar-refractivity contribution in [2.24, 2.45) is 0 Å². The molecule has 0 bridgehead atoms. The summed E-state index contributed by atoms with van der Waals surface area (Å²) in [5.74, 6) is 0.0239. The second-order valence-electron chi connectivity index (χ2n) is 3.53. The second-order valence-corrected chi connectivity index (χ2v) is 5.84. The Kier molecular flexibility index (Phi) is 5.91. The zero-order valence-electron chi connectivity index (χ0n) is 9.65. The molecule has 0 unspecified atom stereocenters. The average Bonchev–Trinajstić information content (AvgIpc) is 2.28. The van der Waals surface area contributed by atoms with E-state index in [2.05, 4.69) is 4.72 Å². The lowest BCUT2D eigenvalue weighted by molar-refractivity contribution is 0.184. The topological polar surface area (TPSA) is 55.4 Å². The van der Waals surface area contributed by atoms with Gasteiger partial charge in [0.2, 0.25) is 10.0 Å². The molecule has 6 heteroatoms. The van der Waals surface area contributed by atoms with Crippen molar-refractivity contribution in [1.82, 2.24) is 4.72 Å². The molecule has 0 heterocycles. The number of hydrogen-bond donors (Lipinski definition) is 1. The van der Waals surface area contributed by atoms with Crippen LogP contribution in [0.5, 0.6) is 0 Å². The Hall–Kier alpha value is -0.620. The highest BCUT2D eigenvalue weighted by Gasteiger charge is 2.10. The highest BCUT2D eigenvalue weighted by molar-refractivity contribution is 7.89. The van der Waals surface area contributed by atoms with Gasteiger partial charge in [0.1, 0.15) is 0 Å². The van der Waals surface area contributed by atoms with E-state index in [0.717, 1.165) is 11.1 Å². The van der Waals surface area contributed by atoms with Crippen LogP contribution in [0, 0.1) is 0 Å². The Morgan fingerprint density at radius 1 is 1.29 bits per heavy atom. The van der Waals surface area contributed by atoms with Gasteiger partial charge in [-0.2, -0.15) is 0 Å². The number of halogens is 1. The molecule has 96 valence electrons. The normalized spacial score (nSPS) is 11.6. The van der Waals surface area contributed by atoms with Crippen LogP contribution < -0.4 is 4.72 Å². The standard InChI is InChI=1S/C11H16ClNO3S/c1-16-9-11-5-3-2-4-10(11)8-13-17(14,15)7-6-12/h2-5,13H,6-9H2,1H3. The molecule has 1 N–H and O–H groups in total. The lowest BCUT2D eigenvalue weighted by Crippen LogP contribution is -2.27. The predicted octanol–water partition coefficient (Wildman–Crippen LogP) is 1.49. The van der Waals surface area contributed by atoms with E-state index in [9.17, 15) is 8.42 Å². The molecule has 0 saturated heterocycles. The summed E-state index contributed by atoms with van der Waals surface area (Å²) >= 11 is 5.41. The maximum absolute atomic E-state index is 11.4. The largest absolute Gasteiger partial charge is 0.380 e. The maximum Gasteiger partial charge on any atom is 0.213 e. The van der Waals surface area contributed by atoms with Crippen molar-refractivity contribution >= 4 is 21.6 Å². The van der Waals surface area contributed by atoms with Crippen molar-refractivity contribution in [2.75, 3.05) is 18.7 Å². The van der Waals surface area contributed by atoms with Crippen LogP contribution in [0.15, 0.2) is 24.3 Å². The van der Waals surface area contributed by atoms with Gasteiger partial charge in [-0.25, -0.2) is 13.1 Å². The molecule has 0 fully saturated rings. The Morgan fingerprint density at radius 3 is 2.53 bits per heavy atom. The van der Waals surface area contributed by atoms with E-state index in [-0.39, 0.29) is 18.2 Å². The van der Waals surface area contributed by atoms with E-state index in [0.29, 0.717) is 6.61 Å². The molecular weight excluding hydrogens is 262 g/mol. The summed E-state index contributed by atoms with van der Waals surface area (Å²) in [4.78, 5) is 0. The van der Waals surface area contributed by atoms with Crippen LogP contribution in [0.2, 0.25) is 0 Å². The minimum Gasteiger partial charge on any atom is -0.380 e. The van der Waals surface area contributed by atoms with Gasteiger partial charge in [0, 0.05) is 19.5 Å². The Labute approximate surface area is 107 Å². The summed E-state index contributed by atoms with van der Waals surface area (Å²) in [6.07, 6.45) is 0. The zero-order chi connectivity index (χ0) is 12.7. The third kappa shape index (κ3) is 5.04. The minimum absolute atomic E-state index is 0.0685. The number of hydrogen-bond acceptors (Lipinski definition) is 3. The molecule has 0 aliphatic heterocycles. The molecule has 1 aromatic rings. The van der Waals surface area contributed by atoms with Crippen molar-refractivity contribution in [3.05, 3.63) is 35.4 Å². The first-order chi connectivity index (χ1) is 8.09. The van der Waals surface area contributed by atoms with Crippen LogP contribution in [0.1, 0.15) is 11.1 Å². The fraction of sp³-hybridized carbons (Fsp3) is 0.455. The molecule has 0 aliphatic carbocycles. The van der Waals surface area contributed by atoms with E-state index in [1.165, 1.54) is 0 Å². The van der Waals surface area contributed by atoms with Gasteiger partial charge in [-0.05, 0) is 11.1 Å². The Bertz CT molecular complexity index is 448. The highest BCUT2D eigenvalue weighted by Crippen LogP contribution is 2.10. The van der Waals surface area contributed by atoms with Gasteiger partial charge in [-0.3, -0.25) is 0 Å². The van der Waals surface area contributed by atoms with Gasteiger partial charge >= 0.3 is 0 Å². The molecule has 17 heavy (non-hydrogen) atoms. The van der Waals surface area contributed by atoms with Gasteiger partial charge < -0.3 is 4.74 Å². The molecule has 4 nitrogen and oxygen atoms in total. The maximum atomic E-state index is 11.4. The first-order valence-corrected chi connectivity index (χ1v) is 7.37. The average molecular weight is 278 g/mol. The number of methoxy groups -OCH3 is 1. The summed E-state index contributed by atoms with van der Waals surface area (Å²) in [7, 11) is -1.68. The second kappa shape index (κ2) is 6.96. The van der Waals surface area contributed by atoms with Gasteiger partial charge in [0.25, 0.3) is 0 Å². The predicted molar refractivity (Wildman–Crippen MR) is 68.5 cm³/mol. The summed E-state index contributed by atoms with van der Waals surface area (Å²) in [6.45, 7) is 0.728. The number of ether oxygens (including phenoxy) is 1.